The molecule has 0 radical (unpaired) electrons. The average Bonchev–Trinajstić information content (AvgIpc) is 2.57. The molecule has 0 aliphatic carbocycles. The van der Waals surface area contributed by atoms with Crippen LogP contribution in [0.3, 0.4) is 0 Å². The van der Waals surface area contributed by atoms with E-state index in [1.165, 1.54) is 6.07 Å². The zero-order valence-electron chi connectivity index (χ0n) is 12.7. The van der Waals surface area contributed by atoms with Gasteiger partial charge in [0.2, 0.25) is 0 Å². The second-order valence-electron chi connectivity index (χ2n) is 5.27. The van der Waals surface area contributed by atoms with Crippen molar-refractivity contribution in [2.45, 2.75) is 12.3 Å². The Balaban J connectivity index is 1.79. The van der Waals surface area contributed by atoms with E-state index in [-0.39, 0.29) is 5.75 Å². The fraction of sp³-hybridized carbons (Fsp3) is 0.118. The Kier molecular flexibility index (Phi) is 4.69. The van der Waals surface area contributed by atoms with E-state index in [2.05, 4.69) is 10.3 Å². The van der Waals surface area contributed by atoms with Crippen molar-refractivity contribution in [1.82, 2.24) is 10.3 Å². The largest absolute Gasteiger partial charge is 0.457 e. The van der Waals surface area contributed by atoms with Crippen LogP contribution in [0.4, 0.5) is 13.2 Å². The highest BCUT2D eigenvalue weighted by atomic mass is 35.5. The van der Waals surface area contributed by atoms with Gasteiger partial charge in [0, 0.05) is 18.5 Å². The second-order valence-corrected chi connectivity index (χ2v) is 5.71. The van der Waals surface area contributed by atoms with E-state index in [0.717, 1.165) is 23.4 Å². The summed E-state index contributed by atoms with van der Waals surface area (Å²) in [5.41, 5.74) is 6.58. The van der Waals surface area contributed by atoms with E-state index in [0.29, 0.717) is 10.8 Å². The molecule has 0 fully saturated rings. The standard InChI is InChI=1S/C17H13ClF3N3O/c18-11-7-14(16(22)24-9-11)10-1-3-12(4-2-10)25-13-5-6-23-15(8-13)17(19,20)21/h1-9,16,24H,22H2. The minimum Gasteiger partial charge on any atom is -0.457 e. The van der Waals surface area contributed by atoms with Crippen molar-refractivity contribution in [3.63, 3.8) is 0 Å². The molecule has 1 aliphatic rings. The summed E-state index contributed by atoms with van der Waals surface area (Å²) in [4.78, 5) is 3.29. The van der Waals surface area contributed by atoms with Gasteiger partial charge in [0.1, 0.15) is 23.4 Å². The topological polar surface area (TPSA) is 60.2 Å². The summed E-state index contributed by atoms with van der Waals surface area (Å²) in [6.45, 7) is 0. The first kappa shape index (κ1) is 17.3. The molecule has 1 unspecified atom stereocenters. The summed E-state index contributed by atoms with van der Waals surface area (Å²) in [5.74, 6) is 0.443. The first-order valence-electron chi connectivity index (χ1n) is 7.23. The molecule has 0 spiro atoms. The number of alkyl halides is 3. The number of ether oxygens (including phenoxy) is 1. The first-order chi connectivity index (χ1) is 11.8. The molecule has 8 heteroatoms. The number of halogens is 4. The molecule has 0 amide bonds. The Bertz CT molecular complexity index is 832. The van der Waals surface area contributed by atoms with Crippen molar-refractivity contribution in [3.05, 3.63) is 71.2 Å². The number of nitrogens with one attached hydrogen (secondary N) is 1. The van der Waals surface area contributed by atoms with Crippen molar-refractivity contribution in [1.29, 1.82) is 0 Å². The maximum atomic E-state index is 12.7. The molecule has 130 valence electrons. The molecule has 4 nitrogen and oxygen atoms in total. The summed E-state index contributed by atoms with van der Waals surface area (Å²) in [6, 6.07) is 9.00. The Morgan fingerprint density at radius 1 is 1.12 bits per heavy atom. The molecule has 3 rings (SSSR count). The molecule has 0 saturated carbocycles. The van der Waals surface area contributed by atoms with Crippen molar-refractivity contribution in [2.75, 3.05) is 0 Å². The highest BCUT2D eigenvalue weighted by molar-refractivity contribution is 6.31. The van der Waals surface area contributed by atoms with Crippen LogP contribution in [0.2, 0.25) is 0 Å². The highest BCUT2D eigenvalue weighted by Gasteiger charge is 2.32. The van der Waals surface area contributed by atoms with Crippen molar-refractivity contribution < 1.29 is 17.9 Å². The molecule has 25 heavy (non-hydrogen) atoms. The minimum absolute atomic E-state index is 0.0521. The van der Waals surface area contributed by atoms with Gasteiger partial charge in [-0.15, -0.1) is 0 Å². The number of hydrogen-bond donors (Lipinski definition) is 2. The molecule has 1 aromatic carbocycles. The van der Waals surface area contributed by atoms with Gasteiger partial charge >= 0.3 is 6.18 Å². The number of allylic oxidation sites excluding steroid dienone is 2. The number of nitrogens with zero attached hydrogens (tertiary/aromatic N) is 1. The van der Waals surface area contributed by atoms with Crippen LogP contribution in [0.1, 0.15) is 11.3 Å². The van der Waals surface area contributed by atoms with Crippen molar-refractivity contribution >= 4 is 17.2 Å². The van der Waals surface area contributed by atoms with Crippen molar-refractivity contribution in [3.8, 4) is 11.5 Å². The lowest BCUT2D eigenvalue weighted by atomic mass is 10.0. The van der Waals surface area contributed by atoms with Crippen LogP contribution in [-0.2, 0) is 6.18 Å². The fourth-order valence-corrected chi connectivity index (χ4v) is 2.46. The predicted octanol–water partition coefficient (Wildman–Crippen LogP) is 4.24. The number of aromatic nitrogens is 1. The van der Waals surface area contributed by atoms with Gasteiger partial charge in [-0.1, -0.05) is 23.7 Å². The molecule has 1 aromatic heterocycles. The van der Waals surface area contributed by atoms with Gasteiger partial charge in [-0.25, -0.2) is 0 Å². The zero-order valence-corrected chi connectivity index (χ0v) is 13.5. The van der Waals surface area contributed by atoms with Crippen LogP contribution < -0.4 is 15.8 Å². The highest BCUT2D eigenvalue weighted by Crippen LogP contribution is 2.31. The predicted molar refractivity (Wildman–Crippen MR) is 88.8 cm³/mol. The third-order valence-electron chi connectivity index (χ3n) is 3.47. The number of nitrogens with two attached hydrogens (primary N) is 1. The van der Waals surface area contributed by atoms with E-state index in [9.17, 15) is 13.2 Å². The van der Waals surface area contributed by atoms with Gasteiger partial charge in [-0.2, -0.15) is 13.2 Å². The normalized spacial score (nSPS) is 17.4. The third kappa shape index (κ3) is 4.12. The van der Waals surface area contributed by atoms with Crippen LogP contribution in [0, 0.1) is 0 Å². The Hall–Kier alpha value is -2.51. The maximum Gasteiger partial charge on any atom is 0.433 e. The molecule has 1 aliphatic heterocycles. The smallest absolute Gasteiger partial charge is 0.433 e. The number of benzene rings is 1. The number of dihydropyridines is 1. The molecular weight excluding hydrogens is 355 g/mol. The summed E-state index contributed by atoms with van der Waals surface area (Å²) in [6.07, 6.45) is -0.513. The van der Waals surface area contributed by atoms with E-state index in [4.69, 9.17) is 22.1 Å². The van der Waals surface area contributed by atoms with Crippen molar-refractivity contribution in [2.24, 2.45) is 5.73 Å². The molecule has 3 N–H and O–H groups in total. The van der Waals surface area contributed by atoms with Crippen LogP contribution in [0.15, 0.2) is 59.9 Å². The number of hydrogen-bond acceptors (Lipinski definition) is 4. The summed E-state index contributed by atoms with van der Waals surface area (Å²) < 4.78 is 43.5. The van der Waals surface area contributed by atoms with Gasteiger partial charge in [-0.3, -0.25) is 4.98 Å². The van der Waals surface area contributed by atoms with Gasteiger partial charge in [-0.05, 0) is 35.4 Å². The SMILES string of the molecule is NC1NC=C(Cl)C=C1c1ccc(Oc2ccnc(C(F)(F)F)c2)cc1. The van der Waals surface area contributed by atoms with E-state index in [1.807, 2.05) is 0 Å². The lowest BCUT2D eigenvalue weighted by molar-refractivity contribution is -0.141. The Morgan fingerprint density at radius 3 is 2.52 bits per heavy atom. The molecule has 2 heterocycles. The minimum atomic E-state index is -4.52. The van der Waals surface area contributed by atoms with E-state index >= 15 is 0 Å². The lowest BCUT2D eigenvalue weighted by Gasteiger charge is -2.21. The third-order valence-corrected chi connectivity index (χ3v) is 3.69. The van der Waals surface area contributed by atoms with Crippen LogP contribution in [0.25, 0.3) is 5.57 Å². The van der Waals surface area contributed by atoms with Gasteiger partial charge < -0.3 is 15.8 Å². The van der Waals surface area contributed by atoms with Gasteiger partial charge in [0.15, 0.2) is 0 Å². The van der Waals surface area contributed by atoms with E-state index < -0.39 is 18.0 Å². The molecule has 0 bridgehead atoms. The molecule has 1 atom stereocenters. The molecule has 2 aromatic rings. The van der Waals surface area contributed by atoms with E-state index in [1.54, 1.807) is 36.5 Å². The average molecular weight is 368 g/mol. The van der Waals surface area contributed by atoms with Crippen LogP contribution >= 0.6 is 11.6 Å². The fourth-order valence-electron chi connectivity index (χ4n) is 2.28. The van der Waals surface area contributed by atoms with Crippen LogP contribution in [0.5, 0.6) is 11.5 Å². The Labute approximate surface area is 146 Å². The number of rotatable bonds is 3. The zero-order chi connectivity index (χ0) is 18.0. The second kappa shape index (κ2) is 6.78. The first-order valence-corrected chi connectivity index (χ1v) is 7.61. The summed E-state index contributed by atoms with van der Waals surface area (Å²) in [7, 11) is 0. The maximum absolute atomic E-state index is 12.7. The molecular formula is C17H13ClF3N3O. The monoisotopic (exact) mass is 367 g/mol. The Morgan fingerprint density at radius 2 is 1.84 bits per heavy atom. The number of pyridine rings is 1. The molecule has 0 saturated heterocycles. The quantitative estimate of drug-likeness (QED) is 0.851. The summed E-state index contributed by atoms with van der Waals surface area (Å²) >= 11 is 5.96. The van der Waals surface area contributed by atoms with Gasteiger partial charge in [0.25, 0.3) is 0 Å². The van der Waals surface area contributed by atoms with Crippen LogP contribution in [-0.4, -0.2) is 11.1 Å². The summed E-state index contributed by atoms with van der Waals surface area (Å²) in [5, 5.41) is 3.45. The van der Waals surface area contributed by atoms with Gasteiger partial charge in [0.05, 0.1) is 5.03 Å². The lowest BCUT2D eigenvalue weighted by Crippen LogP contribution is -2.36.